The van der Waals surface area contributed by atoms with Gasteiger partial charge in [-0.2, -0.15) is 9.97 Å². The average molecular weight is 335 g/mol. The monoisotopic (exact) mass is 335 g/mol. The van der Waals surface area contributed by atoms with Gasteiger partial charge < -0.3 is 24.1 Å². The summed E-state index contributed by atoms with van der Waals surface area (Å²) in [6, 6.07) is 4.24. The van der Waals surface area contributed by atoms with Crippen LogP contribution in [0, 0.1) is 0 Å². The predicted molar refractivity (Wildman–Crippen MR) is 77.4 cm³/mol. The van der Waals surface area contributed by atoms with E-state index >= 15 is 0 Å². The first-order chi connectivity index (χ1) is 11.5. The molecule has 0 fully saturated rings. The Balaban J connectivity index is 2.27. The molecule has 0 amide bonds. The van der Waals surface area contributed by atoms with Crippen molar-refractivity contribution in [2.75, 3.05) is 20.8 Å². The maximum atomic E-state index is 11.9. The Labute approximate surface area is 136 Å². The van der Waals surface area contributed by atoms with E-state index in [-0.39, 0.29) is 29.2 Å². The third kappa shape index (κ3) is 4.29. The first-order valence-electron chi connectivity index (χ1n) is 6.52. The number of hydrogen-bond acceptors (Lipinski definition) is 9. The summed E-state index contributed by atoms with van der Waals surface area (Å²) in [5.41, 5.74) is -0.218. The van der Waals surface area contributed by atoms with Crippen molar-refractivity contribution in [2.24, 2.45) is 0 Å². The molecule has 0 atom stereocenters. The fourth-order valence-electron chi connectivity index (χ4n) is 1.56. The number of aliphatic carboxylic acids is 1. The van der Waals surface area contributed by atoms with E-state index < -0.39 is 18.5 Å². The van der Waals surface area contributed by atoms with E-state index in [1.807, 2.05) is 0 Å². The molecule has 10 nitrogen and oxygen atoms in total. The standard InChI is InChI=1S/C14H13N3O7/c1-21-9-6-10(22-2)17-14(16-9)24-8-4-3-5-15-12(8)13(20)23-7-11(18)19/h3-6H,7H2,1-2H3,(H,18,19). The summed E-state index contributed by atoms with van der Waals surface area (Å²) in [6.07, 6.45) is 1.33. The summed E-state index contributed by atoms with van der Waals surface area (Å²) < 4.78 is 20.0. The highest BCUT2D eigenvalue weighted by atomic mass is 16.6. The second-order valence-corrected chi connectivity index (χ2v) is 4.16. The molecule has 0 bridgehead atoms. The Morgan fingerprint density at radius 3 is 2.42 bits per heavy atom. The van der Waals surface area contributed by atoms with Crippen molar-refractivity contribution in [3.63, 3.8) is 0 Å². The number of carbonyl (C=O) groups excluding carboxylic acids is 1. The van der Waals surface area contributed by atoms with Crippen molar-refractivity contribution in [3.05, 3.63) is 30.1 Å². The first-order valence-corrected chi connectivity index (χ1v) is 6.52. The Bertz CT molecular complexity index is 729. The van der Waals surface area contributed by atoms with Crippen LogP contribution in [0.4, 0.5) is 0 Å². The first kappa shape index (κ1) is 16.9. The van der Waals surface area contributed by atoms with Gasteiger partial charge in [-0.15, -0.1) is 0 Å². The number of carboxylic acids is 1. The maximum Gasteiger partial charge on any atom is 0.361 e. The van der Waals surface area contributed by atoms with Gasteiger partial charge in [0.1, 0.15) is 0 Å². The van der Waals surface area contributed by atoms with Crippen LogP contribution in [0.15, 0.2) is 24.4 Å². The second kappa shape index (κ2) is 7.72. The second-order valence-electron chi connectivity index (χ2n) is 4.16. The fourth-order valence-corrected chi connectivity index (χ4v) is 1.56. The van der Waals surface area contributed by atoms with Crippen molar-refractivity contribution in [2.45, 2.75) is 0 Å². The summed E-state index contributed by atoms with van der Waals surface area (Å²) in [4.78, 5) is 34.1. The number of esters is 1. The lowest BCUT2D eigenvalue weighted by molar-refractivity contribution is -0.140. The number of aromatic nitrogens is 3. The molecule has 0 aliphatic carbocycles. The zero-order valence-electron chi connectivity index (χ0n) is 12.8. The molecule has 2 heterocycles. The molecule has 0 spiro atoms. The third-order valence-electron chi connectivity index (χ3n) is 2.57. The highest BCUT2D eigenvalue weighted by Crippen LogP contribution is 2.25. The molecule has 2 aromatic rings. The van der Waals surface area contributed by atoms with Crippen LogP contribution in [0.5, 0.6) is 23.5 Å². The van der Waals surface area contributed by atoms with Crippen molar-refractivity contribution in [1.29, 1.82) is 0 Å². The van der Waals surface area contributed by atoms with Crippen LogP contribution in [-0.2, 0) is 9.53 Å². The van der Waals surface area contributed by atoms with Crippen molar-refractivity contribution in [3.8, 4) is 23.5 Å². The fraction of sp³-hybridized carbons (Fsp3) is 0.214. The molecule has 126 valence electrons. The van der Waals surface area contributed by atoms with Crippen molar-refractivity contribution in [1.82, 2.24) is 15.0 Å². The van der Waals surface area contributed by atoms with Crippen LogP contribution in [0.2, 0.25) is 0 Å². The van der Waals surface area contributed by atoms with Gasteiger partial charge in [0.05, 0.1) is 20.3 Å². The van der Waals surface area contributed by atoms with E-state index in [9.17, 15) is 9.59 Å². The molecule has 2 aromatic heterocycles. The minimum absolute atomic E-state index is 0.0109. The molecule has 0 radical (unpaired) electrons. The molecule has 0 aliphatic heterocycles. The smallest absolute Gasteiger partial charge is 0.361 e. The van der Waals surface area contributed by atoms with Crippen LogP contribution >= 0.6 is 0 Å². The van der Waals surface area contributed by atoms with Crippen LogP contribution in [0.1, 0.15) is 10.5 Å². The SMILES string of the molecule is COc1cc(OC)nc(Oc2cccnc2C(=O)OCC(=O)O)n1. The molecule has 0 saturated heterocycles. The Kier molecular flexibility index (Phi) is 5.45. The van der Waals surface area contributed by atoms with Gasteiger partial charge in [-0.25, -0.2) is 14.6 Å². The average Bonchev–Trinajstić information content (AvgIpc) is 2.59. The van der Waals surface area contributed by atoms with Gasteiger partial charge in [-0.1, -0.05) is 0 Å². The number of methoxy groups -OCH3 is 2. The van der Waals surface area contributed by atoms with Gasteiger partial charge in [0.15, 0.2) is 18.1 Å². The van der Waals surface area contributed by atoms with Gasteiger partial charge in [0, 0.05) is 6.20 Å². The molecule has 1 N–H and O–H groups in total. The highest BCUT2D eigenvalue weighted by Gasteiger charge is 2.19. The van der Waals surface area contributed by atoms with Gasteiger partial charge in [0.2, 0.25) is 11.8 Å². The van der Waals surface area contributed by atoms with Crippen molar-refractivity contribution >= 4 is 11.9 Å². The zero-order chi connectivity index (χ0) is 17.5. The van der Waals surface area contributed by atoms with Crippen LogP contribution in [0.25, 0.3) is 0 Å². The quantitative estimate of drug-likeness (QED) is 0.729. The summed E-state index contributed by atoms with van der Waals surface area (Å²) in [5.74, 6) is -1.87. The lowest BCUT2D eigenvalue weighted by atomic mass is 10.3. The number of carboxylic acid groups (broad SMARTS) is 1. The third-order valence-corrected chi connectivity index (χ3v) is 2.57. The molecule has 2 rings (SSSR count). The highest BCUT2D eigenvalue weighted by molar-refractivity contribution is 5.91. The normalized spacial score (nSPS) is 9.92. The van der Waals surface area contributed by atoms with E-state index in [4.69, 9.17) is 19.3 Å². The van der Waals surface area contributed by atoms with E-state index in [1.54, 1.807) is 0 Å². The van der Waals surface area contributed by atoms with Crippen LogP contribution < -0.4 is 14.2 Å². The lowest BCUT2D eigenvalue weighted by Crippen LogP contribution is -2.15. The van der Waals surface area contributed by atoms with E-state index in [1.165, 1.54) is 38.6 Å². The van der Waals surface area contributed by atoms with Crippen molar-refractivity contribution < 1.29 is 33.6 Å². The van der Waals surface area contributed by atoms with E-state index in [2.05, 4.69) is 19.7 Å². The maximum absolute atomic E-state index is 11.9. The topological polar surface area (TPSA) is 130 Å². The summed E-state index contributed by atoms with van der Waals surface area (Å²) in [6.45, 7) is -0.793. The molecule has 24 heavy (non-hydrogen) atoms. The number of hydrogen-bond donors (Lipinski definition) is 1. The molecule has 0 saturated carbocycles. The Morgan fingerprint density at radius 2 is 1.83 bits per heavy atom. The van der Waals surface area contributed by atoms with Crippen LogP contribution in [-0.4, -0.2) is 52.8 Å². The number of nitrogens with zero attached hydrogens (tertiary/aromatic N) is 3. The molecule has 10 heteroatoms. The zero-order valence-corrected chi connectivity index (χ0v) is 12.8. The van der Waals surface area contributed by atoms with E-state index in [0.29, 0.717) is 0 Å². The minimum atomic E-state index is -1.29. The summed E-state index contributed by atoms with van der Waals surface area (Å²) >= 11 is 0. The predicted octanol–water partition coefficient (Wildman–Crippen LogP) is 0.922. The Morgan fingerprint density at radius 1 is 1.17 bits per heavy atom. The number of ether oxygens (including phenoxy) is 4. The van der Waals surface area contributed by atoms with Gasteiger partial charge in [-0.3, -0.25) is 0 Å². The summed E-state index contributed by atoms with van der Waals surface area (Å²) in [5, 5.41) is 8.55. The minimum Gasteiger partial charge on any atom is -0.481 e. The lowest BCUT2D eigenvalue weighted by Gasteiger charge is -2.09. The largest absolute Gasteiger partial charge is 0.481 e. The number of carbonyl (C=O) groups is 2. The molecular weight excluding hydrogens is 322 g/mol. The summed E-state index contributed by atoms with van der Waals surface area (Å²) in [7, 11) is 2.81. The van der Waals surface area contributed by atoms with Gasteiger partial charge in [0.25, 0.3) is 0 Å². The van der Waals surface area contributed by atoms with E-state index in [0.717, 1.165) is 0 Å². The van der Waals surface area contributed by atoms with Crippen LogP contribution in [0.3, 0.4) is 0 Å². The molecule has 0 unspecified atom stereocenters. The van der Waals surface area contributed by atoms with Gasteiger partial charge >= 0.3 is 17.9 Å². The number of pyridine rings is 1. The molecule has 0 aliphatic rings. The molecular formula is C14H13N3O7. The Hall–Kier alpha value is -3.43. The molecule has 0 aromatic carbocycles. The number of rotatable bonds is 7. The van der Waals surface area contributed by atoms with Gasteiger partial charge in [-0.05, 0) is 12.1 Å².